The molecular weight excluding hydrogens is 459 g/mol. The summed E-state index contributed by atoms with van der Waals surface area (Å²) in [6.45, 7) is 2.94. The topological polar surface area (TPSA) is 72.9 Å². The van der Waals surface area contributed by atoms with Gasteiger partial charge in [0.1, 0.15) is 5.75 Å². The third-order valence-corrected chi connectivity index (χ3v) is 5.01. The largest absolute Gasteiger partial charge is 0.573 e. The van der Waals surface area contributed by atoms with E-state index in [0.717, 1.165) is 32.2 Å². The SMILES string of the molecule is CCSc1cc(Cl)ccc1C(=O)N(C(C)=O)c1ccc(OC(F)(F)F)cc1C(=O)OC. The molecule has 0 saturated carbocycles. The second kappa shape index (κ2) is 10.1. The number of rotatable bonds is 6. The van der Waals surface area contributed by atoms with Gasteiger partial charge >= 0.3 is 12.3 Å². The molecule has 0 aliphatic carbocycles. The summed E-state index contributed by atoms with van der Waals surface area (Å²) < 4.78 is 46.2. The van der Waals surface area contributed by atoms with E-state index in [1.807, 2.05) is 6.92 Å². The van der Waals surface area contributed by atoms with Gasteiger partial charge in [0.25, 0.3) is 5.91 Å². The number of amides is 2. The van der Waals surface area contributed by atoms with Crippen molar-refractivity contribution in [2.45, 2.75) is 25.1 Å². The quantitative estimate of drug-likeness (QED) is 0.415. The van der Waals surface area contributed by atoms with Crippen molar-refractivity contribution in [1.82, 2.24) is 0 Å². The Bertz CT molecular complexity index is 1010. The predicted molar refractivity (Wildman–Crippen MR) is 110 cm³/mol. The minimum atomic E-state index is -5.00. The van der Waals surface area contributed by atoms with E-state index in [9.17, 15) is 27.6 Å². The zero-order valence-corrected chi connectivity index (χ0v) is 18.2. The summed E-state index contributed by atoms with van der Waals surface area (Å²) in [5.74, 6) is -2.70. The zero-order chi connectivity index (χ0) is 23.3. The molecule has 2 aromatic rings. The number of hydrogen-bond acceptors (Lipinski definition) is 6. The number of methoxy groups -OCH3 is 1. The molecule has 11 heteroatoms. The van der Waals surface area contributed by atoms with Crippen LogP contribution < -0.4 is 9.64 Å². The van der Waals surface area contributed by atoms with Gasteiger partial charge in [-0.3, -0.25) is 9.59 Å². The summed E-state index contributed by atoms with van der Waals surface area (Å²) in [4.78, 5) is 39.0. The molecule has 0 aromatic heterocycles. The van der Waals surface area contributed by atoms with Gasteiger partial charge in [0.2, 0.25) is 5.91 Å². The van der Waals surface area contributed by atoms with Crippen molar-refractivity contribution >= 4 is 46.8 Å². The average molecular weight is 476 g/mol. The Hall–Kier alpha value is -2.72. The van der Waals surface area contributed by atoms with Crippen molar-refractivity contribution in [2.75, 3.05) is 17.8 Å². The Morgan fingerprint density at radius 2 is 1.77 bits per heavy atom. The molecule has 0 spiro atoms. The molecule has 0 heterocycles. The van der Waals surface area contributed by atoms with Gasteiger partial charge in [-0.2, -0.15) is 0 Å². The average Bonchev–Trinajstić information content (AvgIpc) is 2.67. The molecule has 2 rings (SSSR count). The van der Waals surface area contributed by atoms with Crippen LogP contribution in [0.5, 0.6) is 5.75 Å². The van der Waals surface area contributed by atoms with E-state index in [2.05, 4.69) is 9.47 Å². The first-order valence-corrected chi connectivity index (χ1v) is 10.1. The van der Waals surface area contributed by atoms with Gasteiger partial charge in [-0.05, 0) is 42.2 Å². The van der Waals surface area contributed by atoms with Crippen LogP contribution in [-0.2, 0) is 9.53 Å². The number of hydrogen-bond donors (Lipinski definition) is 0. The molecule has 6 nitrogen and oxygen atoms in total. The maximum atomic E-state index is 13.3. The number of anilines is 1. The first-order valence-electron chi connectivity index (χ1n) is 8.74. The van der Waals surface area contributed by atoms with E-state index >= 15 is 0 Å². The van der Waals surface area contributed by atoms with Crippen LogP contribution in [0.3, 0.4) is 0 Å². The Labute approximate surface area is 185 Å². The molecule has 0 aliphatic rings. The van der Waals surface area contributed by atoms with Gasteiger partial charge in [-0.15, -0.1) is 24.9 Å². The van der Waals surface area contributed by atoms with Gasteiger partial charge in [-0.25, -0.2) is 9.69 Å². The number of nitrogens with zero attached hydrogens (tertiary/aromatic N) is 1. The highest BCUT2D eigenvalue weighted by Crippen LogP contribution is 2.33. The molecule has 0 N–H and O–H groups in total. The molecule has 2 amide bonds. The van der Waals surface area contributed by atoms with Crippen LogP contribution in [0.2, 0.25) is 5.02 Å². The van der Waals surface area contributed by atoms with Crippen LogP contribution >= 0.6 is 23.4 Å². The summed E-state index contributed by atoms with van der Waals surface area (Å²) in [5.41, 5.74) is -0.564. The minimum absolute atomic E-state index is 0.137. The number of carbonyl (C=O) groups is 3. The molecule has 2 aromatic carbocycles. The second-order valence-corrected chi connectivity index (χ2v) is 7.69. The van der Waals surface area contributed by atoms with Crippen molar-refractivity contribution in [3.8, 4) is 5.75 Å². The normalized spacial score (nSPS) is 11.1. The summed E-state index contributed by atoms with van der Waals surface area (Å²) in [7, 11) is 1.01. The summed E-state index contributed by atoms with van der Waals surface area (Å²) in [6.07, 6.45) is -5.00. The Balaban J connectivity index is 2.62. The van der Waals surface area contributed by atoms with Gasteiger partial charge in [-0.1, -0.05) is 18.5 Å². The van der Waals surface area contributed by atoms with E-state index in [1.165, 1.54) is 23.9 Å². The molecule has 0 saturated heterocycles. The van der Waals surface area contributed by atoms with E-state index in [-0.39, 0.29) is 11.3 Å². The van der Waals surface area contributed by atoms with Crippen LogP contribution in [0.25, 0.3) is 0 Å². The maximum Gasteiger partial charge on any atom is 0.573 e. The lowest BCUT2D eigenvalue weighted by Gasteiger charge is -2.23. The lowest BCUT2D eigenvalue weighted by Crippen LogP contribution is -2.36. The Morgan fingerprint density at radius 1 is 1.10 bits per heavy atom. The lowest BCUT2D eigenvalue weighted by atomic mass is 10.1. The molecule has 0 unspecified atom stereocenters. The van der Waals surface area contributed by atoms with Crippen molar-refractivity contribution in [3.63, 3.8) is 0 Å². The minimum Gasteiger partial charge on any atom is -0.465 e. The fourth-order valence-electron chi connectivity index (χ4n) is 2.67. The van der Waals surface area contributed by atoms with Gasteiger partial charge < -0.3 is 9.47 Å². The van der Waals surface area contributed by atoms with Crippen LogP contribution in [0.1, 0.15) is 34.6 Å². The van der Waals surface area contributed by atoms with E-state index in [4.69, 9.17) is 11.6 Å². The molecule has 0 atom stereocenters. The molecule has 166 valence electrons. The number of thioether (sulfide) groups is 1. The number of imide groups is 1. The van der Waals surface area contributed by atoms with Gasteiger partial charge in [0, 0.05) is 16.8 Å². The molecule has 0 bridgehead atoms. The smallest absolute Gasteiger partial charge is 0.465 e. The second-order valence-electron chi connectivity index (χ2n) is 5.95. The highest BCUT2D eigenvalue weighted by molar-refractivity contribution is 7.99. The number of carbonyl (C=O) groups excluding carboxylic acids is 3. The zero-order valence-electron chi connectivity index (χ0n) is 16.6. The first kappa shape index (κ1) is 24.5. The number of alkyl halides is 3. The standard InChI is InChI=1S/C20H17ClF3NO5S/c1-4-31-17-9-12(21)5-7-14(17)18(27)25(11(2)26)16-8-6-13(30-20(22,23)24)10-15(16)19(28)29-3/h5-10H,4H2,1-3H3. The van der Waals surface area contributed by atoms with Crippen LogP contribution in [0, 0.1) is 0 Å². The van der Waals surface area contributed by atoms with Crippen LogP contribution in [0.15, 0.2) is 41.3 Å². The summed E-state index contributed by atoms with van der Waals surface area (Å²) >= 11 is 7.31. The molecule has 31 heavy (non-hydrogen) atoms. The highest BCUT2D eigenvalue weighted by atomic mass is 35.5. The molecule has 0 aliphatic heterocycles. The summed E-state index contributed by atoms with van der Waals surface area (Å²) in [6, 6.07) is 7.10. The highest BCUT2D eigenvalue weighted by Gasteiger charge is 2.33. The fraction of sp³-hybridized carbons (Fsp3) is 0.250. The monoisotopic (exact) mass is 475 g/mol. The summed E-state index contributed by atoms with van der Waals surface area (Å²) in [5, 5.41) is 0.380. The molecular formula is C20H17ClF3NO5S. The van der Waals surface area contributed by atoms with E-state index in [0.29, 0.717) is 20.6 Å². The Kier molecular flexibility index (Phi) is 7.96. The third kappa shape index (κ3) is 6.14. The van der Waals surface area contributed by atoms with Gasteiger partial charge in [0.05, 0.1) is 23.9 Å². The van der Waals surface area contributed by atoms with Crippen LogP contribution in [-0.4, -0.2) is 37.0 Å². The third-order valence-electron chi connectivity index (χ3n) is 3.84. The predicted octanol–water partition coefficient (Wildman–Crippen LogP) is 5.33. The van der Waals surface area contributed by atoms with Crippen molar-refractivity contribution < 1.29 is 37.0 Å². The van der Waals surface area contributed by atoms with E-state index in [1.54, 1.807) is 6.07 Å². The number of halogens is 4. The van der Waals surface area contributed by atoms with Crippen molar-refractivity contribution in [3.05, 3.63) is 52.5 Å². The number of benzene rings is 2. The maximum absolute atomic E-state index is 13.3. The van der Waals surface area contributed by atoms with Crippen molar-refractivity contribution in [2.24, 2.45) is 0 Å². The fourth-order valence-corrected chi connectivity index (χ4v) is 3.74. The number of esters is 1. The van der Waals surface area contributed by atoms with Gasteiger partial charge in [0.15, 0.2) is 0 Å². The molecule has 0 fully saturated rings. The first-order chi connectivity index (χ1) is 14.5. The number of ether oxygens (including phenoxy) is 2. The Morgan fingerprint density at radius 3 is 2.32 bits per heavy atom. The van der Waals surface area contributed by atoms with Crippen LogP contribution in [0.4, 0.5) is 18.9 Å². The molecule has 0 radical (unpaired) electrons. The van der Waals surface area contributed by atoms with Crippen molar-refractivity contribution in [1.29, 1.82) is 0 Å². The van der Waals surface area contributed by atoms with E-state index < -0.39 is 35.5 Å². The lowest BCUT2D eigenvalue weighted by molar-refractivity contribution is -0.274.